The zero-order valence-electron chi connectivity index (χ0n) is 33.7. The van der Waals surface area contributed by atoms with Crippen LogP contribution in [0.3, 0.4) is 0 Å². The minimum atomic E-state index is -4.23. The summed E-state index contributed by atoms with van der Waals surface area (Å²) in [5.41, 5.74) is -0.978. The molecule has 0 aliphatic heterocycles. The molecule has 0 unspecified atom stereocenters. The van der Waals surface area contributed by atoms with Crippen LogP contribution in [0, 0.1) is 0 Å². The van der Waals surface area contributed by atoms with E-state index in [0.717, 1.165) is 0 Å². The average molecular weight is 829 g/mol. The minimum Gasteiger partial charge on any atom is -0.443 e. The third-order valence-electron chi connectivity index (χ3n) is 7.29. The number of sulfone groups is 1. The Kier molecular flexibility index (Phi) is 12.9. The molecule has 3 amide bonds. The molecule has 0 atom stereocenters. The van der Waals surface area contributed by atoms with Gasteiger partial charge in [0, 0.05) is 23.7 Å². The molecule has 0 saturated carbocycles. The third kappa shape index (κ3) is 12.3. The van der Waals surface area contributed by atoms with Crippen LogP contribution in [0.5, 0.6) is 0 Å². The Labute approximate surface area is 332 Å². The highest BCUT2D eigenvalue weighted by Crippen LogP contribution is 2.35. The highest BCUT2D eigenvalue weighted by molar-refractivity contribution is 7.92. The lowest BCUT2D eigenvalue weighted by atomic mass is 10.1. The summed E-state index contributed by atoms with van der Waals surface area (Å²) < 4.78 is 76.2. The Morgan fingerprint density at radius 2 is 1.26 bits per heavy atom. The Morgan fingerprint density at radius 3 is 1.77 bits per heavy atom. The van der Waals surface area contributed by atoms with E-state index in [2.05, 4.69) is 14.9 Å². The van der Waals surface area contributed by atoms with Gasteiger partial charge in [-0.15, -0.1) is 0 Å². The number of rotatable bonds is 10. The Balaban J connectivity index is 1.74. The van der Waals surface area contributed by atoms with Crippen LogP contribution in [0.4, 0.5) is 20.2 Å². The van der Waals surface area contributed by atoms with Crippen LogP contribution in [0.15, 0.2) is 70.2 Å². The summed E-state index contributed by atoms with van der Waals surface area (Å²) in [5.74, 6) is -0.317. The van der Waals surface area contributed by atoms with Crippen molar-refractivity contribution >= 4 is 44.1 Å². The van der Waals surface area contributed by atoms with E-state index >= 15 is 0 Å². The second-order valence-electron chi connectivity index (χ2n) is 16.0. The van der Waals surface area contributed by atoms with Gasteiger partial charge in [0.2, 0.25) is 0 Å². The Hall–Kier alpha value is -5.40. The molecule has 0 radical (unpaired) electrons. The van der Waals surface area contributed by atoms with Gasteiger partial charge in [0.1, 0.15) is 22.5 Å². The van der Waals surface area contributed by atoms with E-state index in [4.69, 9.17) is 23.7 Å². The van der Waals surface area contributed by atoms with Crippen LogP contribution >= 0.6 is 0 Å². The smallest absolute Gasteiger partial charge is 0.425 e. The molecule has 0 fully saturated rings. The lowest BCUT2D eigenvalue weighted by molar-refractivity contribution is 0.0427. The van der Waals surface area contributed by atoms with Gasteiger partial charge in [-0.1, -0.05) is 41.6 Å². The maximum absolute atomic E-state index is 13.7. The Morgan fingerprint density at radius 1 is 0.754 bits per heavy atom. The van der Waals surface area contributed by atoms with Gasteiger partial charge < -0.3 is 18.7 Å². The summed E-state index contributed by atoms with van der Waals surface area (Å²) in [4.78, 5) is 49.2. The number of benzene rings is 2. The zero-order valence-corrected chi connectivity index (χ0v) is 35.3. The van der Waals surface area contributed by atoms with Crippen molar-refractivity contribution in [3.63, 3.8) is 0 Å². The standard InChI is InChI=1S/C38H48N6O11S2/c1-23(2)56(48,49)27-18-16-26(17-19-27)29-22-39-32(44(34(46)53-37(6,7)8)35(47)54-38(9,10)11)31(41-29)30-20-28(42-55-30)25-14-12-24(13-15-25)21-40-57(50,51)43-33(45)52-36(3,4)5/h12-20,22-23,40H,21H2,1-11H3,(H,43,45). The summed E-state index contributed by atoms with van der Waals surface area (Å²) >= 11 is 0. The second-order valence-corrected chi connectivity index (χ2v) is 20.0. The number of carbonyl (C=O) groups excluding carboxylic acids is 3. The topological polar surface area (TPSA) is 226 Å². The molecule has 4 rings (SSSR count). The molecule has 0 spiro atoms. The summed E-state index contributed by atoms with van der Waals surface area (Å²) in [6.07, 6.45) is -2.02. The first-order valence-corrected chi connectivity index (χ1v) is 20.7. The monoisotopic (exact) mass is 828 g/mol. The molecule has 2 heterocycles. The number of imide groups is 1. The first-order valence-electron chi connectivity index (χ1n) is 17.7. The molecule has 57 heavy (non-hydrogen) atoms. The fraction of sp³-hybridized carbons (Fsp3) is 0.421. The predicted octanol–water partition coefficient (Wildman–Crippen LogP) is 7.18. The molecule has 308 valence electrons. The van der Waals surface area contributed by atoms with E-state index in [9.17, 15) is 31.2 Å². The van der Waals surface area contributed by atoms with Gasteiger partial charge in [-0.2, -0.15) is 18.0 Å². The lowest BCUT2D eigenvalue weighted by Gasteiger charge is -2.28. The number of hydrogen-bond donors (Lipinski definition) is 2. The number of nitrogens with one attached hydrogen (secondary N) is 2. The van der Waals surface area contributed by atoms with Crippen molar-refractivity contribution in [2.45, 2.75) is 110 Å². The SMILES string of the molecule is CC(C)S(=O)(=O)c1ccc(-c2cnc(N(C(=O)OC(C)(C)C)C(=O)OC(C)(C)C)c(-c3cc(-c4ccc(CNS(=O)(=O)NC(=O)OC(C)(C)C)cc4)no3)n2)cc1. The molecular formula is C38H48N6O11S2. The van der Waals surface area contributed by atoms with Crippen LogP contribution in [-0.4, -0.2) is 72.3 Å². The lowest BCUT2D eigenvalue weighted by Crippen LogP contribution is -2.44. The number of ether oxygens (including phenoxy) is 3. The van der Waals surface area contributed by atoms with E-state index in [0.29, 0.717) is 27.3 Å². The van der Waals surface area contributed by atoms with Gasteiger partial charge in [0.25, 0.3) is 0 Å². The Bertz CT molecular complexity index is 2290. The van der Waals surface area contributed by atoms with Crippen molar-refractivity contribution in [1.29, 1.82) is 0 Å². The van der Waals surface area contributed by atoms with E-state index in [1.807, 2.05) is 0 Å². The molecule has 19 heteroatoms. The van der Waals surface area contributed by atoms with Crippen LogP contribution in [0.1, 0.15) is 81.7 Å². The van der Waals surface area contributed by atoms with Crippen LogP contribution in [0.25, 0.3) is 34.0 Å². The molecule has 0 saturated heterocycles. The van der Waals surface area contributed by atoms with Crippen molar-refractivity contribution in [2.75, 3.05) is 4.90 Å². The summed E-state index contributed by atoms with van der Waals surface area (Å²) in [6, 6.07) is 14.1. The summed E-state index contributed by atoms with van der Waals surface area (Å²) in [6.45, 7) is 17.6. The number of carbonyl (C=O) groups is 3. The third-order valence-corrected chi connectivity index (χ3v) is 10.4. The van der Waals surface area contributed by atoms with Crippen molar-refractivity contribution in [3.8, 4) is 34.0 Å². The number of anilines is 1. The minimum absolute atomic E-state index is 0.0180. The van der Waals surface area contributed by atoms with E-state index in [1.165, 1.54) is 24.4 Å². The maximum Gasteiger partial charge on any atom is 0.425 e. The van der Waals surface area contributed by atoms with Gasteiger partial charge in [0.15, 0.2) is 27.1 Å². The quantitative estimate of drug-likeness (QED) is 0.151. The van der Waals surface area contributed by atoms with E-state index in [-0.39, 0.29) is 34.4 Å². The van der Waals surface area contributed by atoms with Crippen LogP contribution in [-0.2, 0) is 40.8 Å². The van der Waals surface area contributed by atoms with Crippen LogP contribution < -0.4 is 14.3 Å². The summed E-state index contributed by atoms with van der Waals surface area (Å²) in [7, 11) is -7.79. The highest BCUT2D eigenvalue weighted by atomic mass is 32.2. The molecule has 2 aromatic carbocycles. The molecule has 0 aliphatic carbocycles. The maximum atomic E-state index is 13.7. The largest absolute Gasteiger partial charge is 0.443 e. The molecule has 2 N–H and O–H groups in total. The van der Waals surface area contributed by atoms with Gasteiger partial charge >= 0.3 is 28.5 Å². The number of hydrogen-bond acceptors (Lipinski definition) is 14. The molecule has 0 aliphatic rings. The molecule has 0 bridgehead atoms. The van der Waals surface area contributed by atoms with Gasteiger partial charge in [-0.25, -0.2) is 37.5 Å². The first kappa shape index (κ1) is 44.3. The highest BCUT2D eigenvalue weighted by Gasteiger charge is 2.37. The fourth-order valence-electron chi connectivity index (χ4n) is 4.74. The van der Waals surface area contributed by atoms with Gasteiger partial charge in [-0.05, 0) is 93.9 Å². The summed E-state index contributed by atoms with van der Waals surface area (Å²) in [5, 5.41) is 3.53. The normalized spacial score (nSPS) is 12.6. The number of aromatic nitrogens is 3. The van der Waals surface area contributed by atoms with Gasteiger partial charge in [-0.3, -0.25) is 0 Å². The van der Waals surface area contributed by atoms with E-state index < -0.39 is 60.4 Å². The predicted molar refractivity (Wildman–Crippen MR) is 211 cm³/mol. The number of nitrogens with zero attached hydrogens (tertiary/aromatic N) is 4. The van der Waals surface area contributed by atoms with E-state index in [1.54, 1.807) is 117 Å². The zero-order chi connectivity index (χ0) is 42.7. The van der Waals surface area contributed by atoms with Crippen molar-refractivity contribution in [2.24, 2.45) is 0 Å². The van der Waals surface area contributed by atoms with Crippen molar-refractivity contribution in [3.05, 3.63) is 66.4 Å². The average Bonchev–Trinajstić information content (AvgIpc) is 3.55. The fourth-order valence-corrected chi connectivity index (χ4v) is 6.49. The first-order chi connectivity index (χ1) is 26.1. The molecule has 17 nitrogen and oxygen atoms in total. The molecular weight excluding hydrogens is 781 g/mol. The van der Waals surface area contributed by atoms with Crippen molar-refractivity contribution in [1.82, 2.24) is 24.6 Å². The van der Waals surface area contributed by atoms with Crippen molar-refractivity contribution < 1.29 is 50.0 Å². The molecule has 4 aromatic rings. The second kappa shape index (κ2) is 16.6. The molecule has 2 aromatic heterocycles. The van der Waals surface area contributed by atoms with Gasteiger partial charge in [0.05, 0.1) is 22.0 Å². The van der Waals surface area contributed by atoms with Crippen LogP contribution in [0.2, 0.25) is 0 Å². The number of amides is 3.